The second-order valence-electron chi connectivity index (χ2n) is 3.30. The highest BCUT2D eigenvalue weighted by atomic mass is 35.5. The zero-order chi connectivity index (χ0) is 9.97. The number of nitrogens with one attached hydrogen (secondary N) is 1. The minimum Gasteiger partial charge on any atom is -0.490 e. The maximum Gasteiger partial charge on any atom is 0.152 e. The lowest BCUT2D eigenvalue weighted by Crippen LogP contribution is -2.46. The molecule has 1 unspecified atom stereocenters. The van der Waals surface area contributed by atoms with Crippen molar-refractivity contribution in [3.8, 4) is 5.75 Å². The number of rotatable bonds is 3. The Bertz CT molecular complexity index is 328. The predicted molar refractivity (Wildman–Crippen MR) is 55.6 cm³/mol. The van der Waals surface area contributed by atoms with Crippen LogP contribution in [0.5, 0.6) is 5.75 Å². The molecule has 0 spiro atoms. The van der Waals surface area contributed by atoms with Gasteiger partial charge < -0.3 is 15.8 Å². The number of ether oxygens (including phenoxy) is 1. The van der Waals surface area contributed by atoms with E-state index in [2.05, 4.69) is 10.3 Å². The van der Waals surface area contributed by atoms with Crippen LogP contribution in [-0.4, -0.2) is 24.2 Å². The average Bonchev–Trinajstić information content (AvgIpc) is 2.08. The van der Waals surface area contributed by atoms with Crippen molar-refractivity contribution in [2.75, 3.05) is 18.9 Å². The first-order valence-electron chi connectivity index (χ1n) is 4.53. The van der Waals surface area contributed by atoms with E-state index in [1.54, 1.807) is 12.3 Å². The van der Waals surface area contributed by atoms with Crippen molar-refractivity contribution in [2.45, 2.75) is 12.5 Å². The van der Waals surface area contributed by atoms with Gasteiger partial charge in [-0.15, -0.1) is 0 Å². The zero-order valence-corrected chi connectivity index (χ0v) is 8.42. The van der Waals surface area contributed by atoms with Gasteiger partial charge in [0.2, 0.25) is 0 Å². The largest absolute Gasteiger partial charge is 0.490 e. The molecule has 0 amide bonds. The van der Waals surface area contributed by atoms with Crippen LogP contribution in [0.25, 0.3) is 0 Å². The Kier molecular flexibility index (Phi) is 2.74. The molecule has 0 radical (unpaired) electrons. The van der Waals surface area contributed by atoms with Crippen molar-refractivity contribution in [2.24, 2.45) is 0 Å². The van der Waals surface area contributed by atoms with Crippen molar-refractivity contribution < 1.29 is 4.74 Å². The Hall–Kier alpha value is -1.00. The molecule has 2 heterocycles. The van der Waals surface area contributed by atoms with Crippen LogP contribution in [0.1, 0.15) is 6.42 Å². The van der Waals surface area contributed by atoms with Gasteiger partial charge in [0.05, 0.1) is 11.9 Å². The summed E-state index contributed by atoms with van der Waals surface area (Å²) in [6.07, 6.45) is 2.74. The number of nitrogens with two attached hydrogens (primary N) is 1. The number of nitrogens with zero attached hydrogens (tertiary/aromatic N) is 1. The van der Waals surface area contributed by atoms with Gasteiger partial charge in [0.25, 0.3) is 0 Å². The fourth-order valence-corrected chi connectivity index (χ4v) is 1.31. The third kappa shape index (κ3) is 2.08. The SMILES string of the molecule is Nc1cc(OCC2CCN2)cnc1Cl. The van der Waals surface area contributed by atoms with Gasteiger partial charge in [0, 0.05) is 12.1 Å². The first-order chi connectivity index (χ1) is 6.75. The maximum atomic E-state index is 5.68. The molecule has 1 atom stereocenters. The van der Waals surface area contributed by atoms with Gasteiger partial charge in [-0.25, -0.2) is 4.98 Å². The van der Waals surface area contributed by atoms with Crippen LogP contribution >= 0.6 is 11.6 Å². The number of hydrogen-bond acceptors (Lipinski definition) is 4. The lowest BCUT2D eigenvalue weighted by Gasteiger charge is -2.27. The van der Waals surface area contributed by atoms with E-state index in [1.165, 1.54) is 0 Å². The minimum atomic E-state index is 0.319. The molecule has 0 bridgehead atoms. The van der Waals surface area contributed by atoms with Crippen LogP contribution in [-0.2, 0) is 0 Å². The fraction of sp³-hybridized carbons (Fsp3) is 0.444. The van der Waals surface area contributed by atoms with Gasteiger partial charge in [-0.05, 0) is 13.0 Å². The van der Waals surface area contributed by atoms with E-state index >= 15 is 0 Å². The molecule has 1 aromatic rings. The molecule has 3 N–H and O–H groups in total. The molecular formula is C9H12ClN3O. The van der Waals surface area contributed by atoms with Crippen LogP contribution in [0.3, 0.4) is 0 Å². The van der Waals surface area contributed by atoms with Gasteiger partial charge in [0.1, 0.15) is 12.4 Å². The Labute approximate surface area is 87.4 Å². The van der Waals surface area contributed by atoms with Crippen LogP contribution < -0.4 is 15.8 Å². The van der Waals surface area contributed by atoms with Gasteiger partial charge in [0.15, 0.2) is 5.15 Å². The van der Waals surface area contributed by atoms with Crippen LogP contribution in [0.2, 0.25) is 5.15 Å². The molecule has 0 aliphatic carbocycles. The number of halogens is 1. The molecule has 14 heavy (non-hydrogen) atoms. The van der Waals surface area contributed by atoms with Crippen molar-refractivity contribution in [3.05, 3.63) is 17.4 Å². The highest BCUT2D eigenvalue weighted by Crippen LogP contribution is 2.21. The highest BCUT2D eigenvalue weighted by molar-refractivity contribution is 6.31. The summed E-state index contributed by atoms with van der Waals surface area (Å²) in [7, 11) is 0. The fourth-order valence-electron chi connectivity index (χ4n) is 1.21. The maximum absolute atomic E-state index is 5.68. The number of aromatic nitrogens is 1. The van der Waals surface area contributed by atoms with Crippen molar-refractivity contribution in [3.63, 3.8) is 0 Å². The summed E-state index contributed by atoms with van der Waals surface area (Å²) in [6.45, 7) is 1.73. The summed E-state index contributed by atoms with van der Waals surface area (Å²) >= 11 is 5.68. The van der Waals surface area contributed by atoms with E-state index in [1.807, 2.05) is 0 Å². The Morgan fingerprint density at radius 3 is 3.07 bits per heavy atom. The molecular weight excluding hydrogens is 202 g/mol. The van der Waals surface area contributed by atoms with Crippen LogP contribution in [0.4, 0.5) is 5.69 Å². The molecule has 1 saturated heterocycles. The van der Waals surface area contributed by atoms with Crippen molar-refractivity contribution in [1.29, 1.82) is 0 Å². The summed E-state index contributed by atoms with van der Waals surface area (Å²) in [4.78, 5) is 3.90. The van der Waals surface area contributed by atoms with Crippen molar-refractivity contribution >= 4 is 17.3 Å². The normalized spacial score (nSPS) is 20.2. The zero-order valence-electron chi connectivity index (χ0n) is 7.66. The van der Waals surface area contributed by atoms with Gasteiger partial charge in [-0.3, -0.25) is 0 Å². The van der Waals surface area contributed by atoms with Crippen LogP contribution in [0, 0.1) is 0 Å². The van der Waals surface area contributed by atoms with Gasteiger partial charge in [-0.1, -0.05) is 11.6 Å². The lowest BCUT2D eigenvalue weighted by atomic mass is 10.1. The van der Waals surface area contributed by atoms with Crippen LogP contribution in [0.15, 0.2) is 12.3 Å². The monoisotopic (exact) mass is 213 g/mol. The Morgan fingerprint density at radius 1 is 1.71 bits per heavy atom. The summed E-state index contributed by atoms with van der Waals surface area (Å²) in [6, 6.07) is 2.15. The molecule has 1 aliphatic rings. The Morgan fingerprint density at radius 2 is 2.50 bits per heavy atom. The third-order valence-corrected chi connectivity index (χ3v) is 2.53. The average molecular weight is 214 g/mol. The van der Waals surface area contributed by atoms with Gasteiger partial charge in [-0.2, -0.15) is 0 Å². The molecule has 1 aromatic heterocycles. The molecule has 0 saturated carbocycles. The first-order valence-corrected chi connectivity index (χ1v) is 4.90. The second kappa shape index (κ2) is 4.02. The third-order valence-electron chi connectivity index (χ3n) is 2.22. The topological polar surface area (TPSA) is 60.2 Å². The number of pyridine rings is 1. The summed E-state index contributed by atoms with van der Waals surface area (Å²) in [5.41, 5.74) is 6.03. The predicted octanol–water partition coefficient (Wildman–Crippen LogP) is 1.06. The van der Waals surface area contributed by atoms with E-state index in [4.69, 9.17) is 22.1 Å². The molecule has 4 nitrogen and oxygen atoms in total. The van der Waals surface area contributed by atoms with Crippen molar-refractivity contribution in [1.82, 2.24) is 10.3 Å². The highest BCUT2D eigenvalue weighted by Gasteiger charge is 2.16. The molecule has 1 fully saturated rings. The number of anilines is 1. The summed E-state index contributed by atoms with van der Waals surface area (Å²) in [5, 5.41) is 3.56. The Balaban J connectivity index is 1.91. The number of nitrogen functional groups attached to an aromatic ring is 1. The first kappa shape index (κ1) is 9.55. The summed E-state index contributed by atoms with van der Waals surface area (Å²) in [5.74, 6) is 0.667. The smallest absolute Gasteiger partial charge is 0.152 e. The minimum absolute atomic E-state index is 0.319. The second-order valence-corrected chi connectivity index (χ2v) is 3.66. The molecule has 76 valence electrons. The van der Waals surface area contributed by atoms with E-state index in [9.17, 15) is 0 Å². The van der Waals surface area contributed by atoms with E-state index in [0.717, 1.165) is 13.0 Å². The molecule has 2 rings (SSSR count). The van der Waals surface area contributed by atoms with Gasteiger partial charge >= 0.3 is 0 Å². The molecule has 1 aliphatic heterocycles. The number of hydrogen-bond donors (Lipinski definition) is 2. The molecule has 0 aromatic carbocycles. The van der Waals surface area contributed by atoms with E-state index in [-0.39, 0.29) is 0 Å². The standard InChI is InChI=1S/C9H12ClN3O/c10-9-8(11)3-7(4-13-9)14-5-6-1-2-12-6/h3-4,6,12H,1-2,5,11H2. The molecule has 5 heteroatoms. The van der Waals surface area contributed by atoms with E-state index in [0.29, 0.717) is 29.2 Å². The van der Waals surface area contributed by atoms with E-state index < -0.39 is 0 Å². The quantitative estimate of drug-likeness (QED) is 0.738. The lowest BCUT2D eigenvalue weighted by molar-refractivity contribution is 0.217. The summed E-state index contributed by atoms with van der Waals surface area (Å²) < 4.78 is 5.48.